The van der Waals surface area contributed by atoms with Crippen LogP contribution in [0.2, 0.25) is 0 Å². The van der Waals surface area contributed by atoms with Gasteiger partial charge in [-0.3, -0.25) is 4.79 Å². The maximum atomic E-state index is 12.1. The van der Waals surface area contributed by atoms with Gasteiger partial charge in [0.2, 0.25) is 0 Å². The predicted molar refractivity (Wildman–Crippen MR) is 83.2 cm³/mol. The lowest BCUT2D eigenvalue weighted by molar-refractivity contribution is 0.102. The Labute approximate surface area is 127 Å². The highest BCUT2D eigenvalue weighted by Crippen LogP contribution is 2.30. The van der Waals surface area contributed by atoms with Crippen LogP contribution in [0.4, 0.5) is 11.4 Å². The van der Waals surface area contributed by atoms with Crippen molar-refractivity contribution in [1.29, 1.82) is 0 Å². The van der Waals surface area contributed by atoms with E-state index in [1.165, 1.54) is 0 Å². The maximum Gasteiger partial charge on any atom is 0.275 e. The number of amides is 1. The fourth-order valence-corrected chi connectivity index (χ4v) is 2.75. The number of nitrogens with two attached hydrogens (primary N) is 1. The molecule has 0 radical (unpaired) electrons. The van der Waals surface area contributed by atoms with E-state index in [0.717, 1.165) is 10.0 Å². The number of anilines is 2. The van der Waals surface area contributed by atoms with Crippen molar-refractivity contribution < 1.29 is 4.79 Å². The molecule has 98 valence electrons. The van der Waals surface area contributed by atoms with Gasteiger partial charge >= 0.3 is 0 Å². The smallest absolute Gasteiger partial charge is 0.275 e. The molecule has 1 amide bonds. The van der Waals surface area contributed by atoms with Gasteiger partial charge in [-0.05, 0) is 68.6 Å². The van der Waals surface area contributed by atoms with Crippen molar-refractivity contribution in [3.05, 3.63) is 50.7 Å². The molecule has 0 aliphatic rings. The molecule has 1 aromatic heterocycles. The van der Waals surface area contributed by atoms with Gasteiger partial charge in [0.25, 0.3) is 5.91 Å². The highest BCUT2D eigenvalue weighted by molar-refractivity contribution is 9.11. The Balaban J connectivity index is 2.32. The minimum Gasteiger partial charge on any atom is -0.397 e. The molecule has 2 aromatic rings. The number of nitrogens with one attached hydrogen (secondary N) is 1. The lowest BCUT2D eigenvalue weighted by Crippen LogP contribution is -2.15. The van der Waals surface area contributed by atoms with Crippen LogP contribution in [0.25, 0.3) is 0 Å². The summed E-state index contributed by atoms with van der Waals surface area (Å²) in [6.07, 6.45) is 1.56. The van der Waals surface area contributed by atoms with Gasteiger partial charge in [0.1, 0.15) is 5.69 Å². The fourth-order valence-electron chi connectivity index (χ4n) is 1.63. The average Bonchev–Trinajstić information content (AvgIpc) is 2.34. The van der Waals surface area contributed by atoms with Gasteiger partial charge in [0, 0.05) is 15.1 Å². The second-order valence-corrected chi connectivity index (χ2v) is 5.71. The van der Waals surface area contributed by atoms with E-state index in [1.807, 2.05) is 13.0 Å². The zero-order chi connectivity index (χ0) is 14.0. The summed E-state index contributed by atoms with van der Waals surface area (Å²) in [4.78, 5) is 16.2. The minimum atomic E-state index is -0.316. The van der Waals surface area contributed by atoms with E-state index in [-0.39, 0.29) is 5.91 Å². The van der Waals surface area contributed by atoms with Crippen molar-refractivity contribution >= 4 is 49.1 Å². The molecular weight excluding hydrogens is 374 g/mol. The number of aromatic nitrogens is 1. The number of rotatable bonds is 2. The molecule has 4 nitrogen and oxygen atoms in total. The number of pyridine rings is 1. The zero-order valence-electron chi connectivity index (χ0n) is 10.1. The average molecular weight is 385 g/mol. The van der Waals surface area contributed by atoms with E-state index in [2.05, 4.69) is 42.2 Å². The number of halogens is 2. The van der Waals surface area contributed by atoms with Gasteiger partial charge in [0.15, 0.2) is 0 Å². The monoisotopic (exact) mass is 383 g/mol. The number of aryl methyl sites for hydroxylation is 1. The number of carbonyl (C=O) groups excluding carboxylic acids is 1. The molecule has 0 aliphatic carbocycles. The third kappa shape index (κ3) is 3.13. The largest absolute Gasteiger partial charge is 0.397 e. The third-order valence-corrected chi connectivity index (χ3v) is 3.74. The molecular formula is C13H11Br2N3O. The van der Waals surface area contributed by atoms with Gasteiger partial charge in [-0.1, -0.05) is 0 Å². The van der Waals surface area contributed by atoms with Crippen molar-refractivity contribution in [2.75, 3.05) is 11.1 Å². The third-order valence-electron chi connectivity index (χ3n) is 2.48. The summed E-state index contributed by atoms with van der Waals surface area (Å²) in [5.74, 6) is -0.316. The molecule has 0 atom stereocenters. The predicted octanol–water partition coefficient (Wildman–Crippen LogP) is 3.75. The first kappa shape index (κ1) is 14.0. The first-order valence-electron chi connectivity index (χ1n) is 5.46. The van der Waals surface area contributed by atoms with Crippen molar-refractivity contribution in [2.24, 2.45) is 0 Å². The molecule has 6 heteroatoms. The van der Waals surface area contributed by atoms with Gasteiger partial charge in [0.05, 0.1) is 11.4 Å². The molecule has 2 rings (SSSR count). The maximum absolute atomic E-state index is 12.1. The summed E-state index contributed by atoms with van der Waals surface area (Å²) < 4.78 is 1.37. The molecule has 1 heterocycles. The van der Waals surface area contributed by atoms with Crippen LogP contribution in [0.15, 0.2) is 39.4 Å². The Bertz CT molecular complexity index is 621. The van der Waals surface area contributed by atoms with Gasteiger partial charge in [-0.2, -0.15) is 0 Å². The minimum absolute atomic E-state index is 0.314. The highest BCUT2D eigenvalue weighted by Gasteiger charge is 2.14. The lowest BCUT2D eigenvalue weighted by Gasteiger charge is -2.11. The van der Waals surface area contributed by atoms with Gasteiger partial charge < -0.3 is 11.1 Å². The number of nitrogen functional groups attached to an aromatic ring is 1. The van der Waals surface area contributed by atoms with Crippen molar-refractivity contribution in [3.63, 3.8) is 0 Å². The van der Waals surface area contributed by atoms with Crippen LogP contribution in [0.1, 0.15) is 16.1 Å². The standard InChI is InChI=1S/C13H11Br2N3O/c1-7-5-9(15)11(10(16)6-7)18-13(19)12-8(14)3-2-4-17-12/h2-6H,16H2,1H3,(H,18,19). The fraction of sp³-hybridized carbons (Fsp3) is 0.0769. The summed E-state index contributed by atoms with van der Waals surface area (Å²) in [5.41, 5.74) is 8.30. The summed E-state index contributed by atoms with van der Waals surface area (Å²) in [5, 5.41) is 2.76. The first-order chi connectivity index (χ1) is 8.99. The van der Waals surface area contributed by atoms with Crippen LogP contribution in [0.3, 0.4) is 0 Å². The van der Waals surface area contributed by atoms with Crippen molar-refractivity contribution in [2.45, 2.75) is 6.92 Å². The Morgan fingerprint density at radius 1 is 1.32 bits per heavy atom. The highest BCUT2D eigenvalue weighted by atomic mass is 79.9. The topological polar surface area (TPSA) is 68.0 Å². The molecule has 0 saturated carbocycles. The quantitative estimate of drug-likeness (QED) is 0.774. The molecule has 0 bridgehead atoms. The molecule has 3 N–H and O–H groups in total. The number of hydrogen-bond acceptors (Lipinski definition) is 3. The van der Waals surface area contributed by atoms with Crippen LogP contribution in [0, 0.1) is 6.92 Å². The van der Waals surface area contributed by atoms with Crippen molar-refractivity contribution in [1.82, 2.24) is 4.98 Å². The van der Waals surface area contributed by atoms with E-state index in [1.54, 1.807) is 24.4 Å². The van der Waals surface area contributed by atoms with E-state index in [4.69, 9.17) is 5.73 Å². The summed E-state index contributed by atoms with van der Waals surface area (Å²) in [7, 11) is 0. The SMILES string of the molecule is Cc1cc(N)c(NC(=O)c2ncccc2Br)c(Br)c1. The number of nitrogens with zero attached hydrogens (tertiary/aromatic N) is 1. The van der Waals surface area contributed by atoms with Crippen LogP contribution < -0.4 is 11.1 Å². The Kier molecular flexibility index (Phi) is 4.21. The molecule has 19 heavy (non-hydrogen) atoms. The molecule has 0 spiro atoms. The molecule has 0 aliphatic heterocycles. The number of carbonyl (C=O) groups is 1. The number of benzene rings is 1. The summed E-state index contributed by atoms with van der Waals surface area (Å²) in [6, 6.07) is 7.19. The van der Waals surface area contributed by atoms with Crippen LogP contribution >= 0.6 is 31.9 Å². The summed E-state index contributed by atoms with van der Waals surface area (Å²) >= 11 is 6.68. The van der Waals surface area contributed by atoms with E-state index >= 15 is 0 Å². The summed E-state index contributed by atoms with van der Waals surface area (Å²) in [6.45, 7) is 1.93. The first-order valence-corrected chi connectivity index (χ1v) is 7.05. The number of hydrogen-bond donors (Lipinski definition) is 2. The normalized spacial score (nSPS) is 10.3. The Morgan fingerprint density at radius 2 is 2.05 bits per heavy atom. The Hall–Kier alpha value is -1.40. The molecule has 0 fully saturated rings. The zero-order valence-corrected chi connectivity index (χ0v) is 13.2. The van der Waals surface area contributed by atoms with E-state index < -0.39 is 0 Å². The van der Waals surface area contributed by atoms with Crippen LogP contribution in [0.5, 0.6) is 0 Å². The second-order valence-electron chi connectivity index (χ2n) is 4.00. The second kappa shape index (κ2) is 5.71. The Morgan fingerprint density at radius 3 is 2.68 bits per heavy atom. The molecule has 1 aromatic carbocycles. The van der Waals surface area contributed by atoms with Crippen LogP contribution in [-0.2, 0) is 0 Å². The van der Waals surface area contributed by atoms with Gasteiger partial charge in [-0.15, -0.1) is 0 Å². The van der Waals surface area contributed by atoms with Crippen LogP contribution in [-0.4, -0.2) is 10.9 Å². The van der Waals surface area contributed by atoms with E-state index in [9.17, 15) is 4.79 Å². The molecule has 0 unspecified atom stereocenters. The lowest BCUT2D eigenvalue weighted by atomic mass is 10.2. The van der Waals surface area contributed by atoms with Gasteiger partial charge in [-0.25, -0.2) is 4.98 Å². The van der Waals surface area contributed by atoms with Crippen molar-refractivity contribution in [3.8, 4) is 0 Å². The molecule has 0 saturated heterocycles. The van der Waals surface area contributed by atoms with E-state index in [0.29, 0.717) is 21.5 Å².